The standard InChI is InChI=1S/C22H22F2O2S/c23-22(24,18-6-2-1-3-7-18)19-11-9-17(10-12-19)20-8-4-5-16-13-14-27(25,26)15-21(16)20/h1-3,6-7,9-12,15-16,20H,4-5,8,13-14H2. The molecule has 2 atom stereocenters. The number of benzene rings is 2. The zero-order chi connectivity index (χ0) is 19.1. The van der Waals surface area contributed by atoms with Crippen LogP contribution in [0.3, 0.4) is 0 Å². The molecule has 2 nitrogen and oxygen atoms in total. The van der Waals surface area contributed by atoms with Gasteiger partial charge in [-0.15, -0.1) is 0 Å². The lowest BCUT2D eigenvalue weighted by molar-refractivity contribution is 0.0428. The van der Waals surface area contributed by atoms with E-state index in [-0.39, 0.29) is 22.8 Å². The largest absolute Gasteiger partial charge is 0.298 e. The summed E-state index contributed by atoms with van der Waals surface area (Å²) in [6.45, 7) is 0. The fourth-order valence-corrected chi connectivity index (χ4v) is 5.85. The highest BCUT2D eigenvalue weighted by Gasteiger charge is 2.36. The maximum atomic E-state index is 14.7. The van der Waals surface area contributed by atoms with Crippen LogP contribution in [0.25, 0.3) is 0 Å². The van der Waals surface area contributed by atoms with Gasteiger partial charge in [-0.1, -0.05) is 61.0 Å². The predicted octanol–water partition coefficient (Wildman–Crippen LogP) is 5.41. The molecular formula is C22H22F2O2S. The predicted molar refractivity (Wildman–Crippen MR) is 102 cm³/mol. The van der Waals surface area contributed by atoms with Crippen LogP contribution in [0.15, 0.2) is 65.6 Å². The van der Waals surface area contributed by atoms with E-state index in [1.807, 2.05) is 0 Å². The first-order chi connectivity index (χ1) is 12.9. The second kappa shape index (κ2) is 6.86. The summed E-state index contributed by atoms with van der Waals surface area (Å²) in [5.74, 6) is -2.52. The number of hydrogen-bond donors (Lipinski definition) is 0. The quantitative estimate of drug-likeness (QED) is 0.704. The molecular weight excluding hydrogens is 366 g/mol. The van der Waals surface area contributed by atoms with Gasteiger partial charge in [0, 0.05) is 22.5 Å². The van der Waals surface area contributed by atoms with Gasteiger partial charge in [-0.3, -0.25) is 0 Å². The van der Waals surface area contributed by atoms with Crippen molar-refractivity contribution < 1.29 is 17.2 Å². The Hall–Kier alpha value is -2.01. The van der Waals surface area contributed by atoms with E-state index in [1.54, 1.807) is 30.3 Å². The molecule has 1 fully saturated rings. The molecule has 142 valence electrons. The monoisotopic (exact) mass is 388 g/mol. The molecule has 0 radical (unpaired) electrons. The Balaban J connectivity index is 1.65. The molecule has 1 heterocycles. The Kier molecular flexibility index (Phi) is 4.66. The van der Waals surface area contributed by atoms with Crippen molar-refractivity contribution in [2.75, 3.05) is 5.75 Å². The summed E-state index contributed by atoms with van der Waals surface area (Å²) >= 11 is 0. The third kappa shape index (κ3) is 3.57. The fraction of sp³-hybridized carbons (Fsp3) is 0.364. The lowest BCUT2D eigenvalue weighted by Gasteiger charge is -2.35. The molecule has 0 bridgehead atoms. The number of hydrogen-bond acceptors (Lipinski definition) is 2. The summed E-state index contributed by atoms with van der Waals surface area (Å²) in [7, 11) is -3.14. The lowest BCUT2D eigenvalue weighted by atomic mass is 9.73. The van der Waals surface area contributed by atoms with Gasteiger partial charge in [-0.2, -0.15) is 8.78 Å². The Morgan fingerprint density at radius 2 is 1.52 bits per heavy atom. The first-order valence-electron chi connectivity index (χ1n) is 9.35. The van der Waals surface area contributed by atoms with E-state index >= 15 is 0 Å². The minimum atomic E-state index is -3.14. The zero-order valence-corrected chi connectivity index (χ0v) is 15.8. The van der Waals surface area contributed by atoms with Crippen molar-refractivity contribution in [3.8, 4) is 0 Å². The highest BCUT2D eigenvalue weighted by atomic mass is 32.2. The highest BCUT2D eigenvalue weighted by Crippen LogP contribution is 2.45. The molecule has 0 spiro atoms. The Bertz CT molecular complexity index is 948. The third-order valence-electron chi connectivity index (χ3n) is 5.80. The van der Waals surface area contributed by atoms with Crippen molar-refractivity contribution in [1.29, 1.82) is 0 Å². The smallest absolute Gasteiger partial charge is 0.224 e. The number of sulfone groups is 1. The van der Waals surface area contributed by atoms with Crippen LogP contribution in [0.4, 0.5) is 8.78 Å². The SMILES string of the molecule is O=S1(=O)C=C2C(CCCC2c2ccc(C(F)(F)c3ccccc3)cc2)CC1. The summed E-state index contributed by atoms with van der Waals surface area (Å²) in [4.78, 5) is 0. The Morgan fingerprint density at radius 1 is 0.852 bits per heavy atom. The number of halogens is 2. The lowest BCUT2D eigenvalue weighted by Crippen LogP contribution is -2.26. The van der Waals surface area contributed by atoms with Gasteiger partial charge in [0.15, 0.2) is 9.84 Å². The first kappa shape index (κ1) is 18.4. The van der Waals surface area contributed by atoms with Crippen molar-refractivity contribution in [3.63, 3.8) is 0 Å². The summed E-state index contributed by atoms with van der Waals surface area (Å²) in [6.07, 6.45) is 3.60. The van der Waals surface area contributed by atoms with E-state index in [9.17, 15) is 17.2 Å². The second-order valence-corrected chi connectivity index (χ2v) is 9.49. The van der Waals surface area contributed by atoms with E-state index in [2.05, 4.69) is 0 Å². The van der Waals surface area contributed by atoms with E-state index < -0.39 is 15.8 Å². The molecule has 1 aliphatic carbocycles. The maximum Gasteiger partial charge on any atom is 0.298 e. The molecule has 1 aliphatic heterocycles. The van der Waals surface area contributed by atoms with E-state index in [1.165, 1.54) is 29.7 Å². The summed E-state index contributed by atoms with van der Waals surface area (Å²) < 4.78 is 53.6. The summed E-state index contributed by atoms with van der Waals surface area (Å²) in [5, 5.41) is 1.46. The minimum Gasteiger partial charge on any atom is -0.224 e. The molecule has 0 amide bonds. The average Bonchev–Trinajstić information content (AvgIpc) is 2.68. The maximum absolute atomic E-state index is 14.7. The molecule has 0 saturated heterocycles. The summed E-state index contributed by atoms with van der Waals surface area (Å²) in [6, 6.07) is 14.2. The Morgan fingerprint density at radius 3 is 2.22 bits per heavy atom. The minimum absolute atomic E-state index is 0.0122. The first-order valence-corrected chi connectivity index (χ1v) is 11.1. The van der Waals surface area contributed by atoms with Crippen molar-refractivity contribution in [1.82, 2.24) is 0 Å². The van der Waals surface area contributed by atoms with Crippen molar-refractivity contribution >= 4 is 9.84 Å². The van der Waals surface area contributed by atoms with Gasteiger partial charge < -0.3 is 0 Å². The van der Waals surface area contributed by atoms with Gasteiger partial charge in [0.25, 0.3) is 5.92 Å². The number of fused-ring (bicyclic) bond motifs is 1. The van der Waals surface area contributed by atoms with Gasteiger partial charge in [0.2, 0.25) is 0 Å². The zero-order valence-electron chi connectivity index (χ0n) is 14.9. The van der Waals surface area contributed by atoms with Gasteiger partial charge in [-0.25, -0.2) is 8.42 Å². The van der Waals surface area contributed by atoms with Crippen molar-refractivity contribution in [2.45, 2.75) is 37.5 Å². The molecule has 4 rings (SSSR count). The number of allylic oxidation sites excluding steroid dienone is 1. The third-order valence-corrected chi connectivity index (χ3v) is 7.23. The van der Waals surface area contributed by atoms with Crippen LogP contribution < -0.4 is 0 Å². The molecule has 0 aromatic heterocycles. The van der Waals surface area contributed by atoms with Gasteiger partial charge >= 0.3 is 0 Å². The normalized spacial score (nSPS) is 24.7. The molecule has 1 saturated carbocycles. The van der Waals surface area contributed by atoms with Crippen molar-refractivity contribution in [3.05, 3.63) is 82.3 Å². The number of rotatable bonds is 3. The van der Waals surface area contributed by atoms with Crippen LogP contribution in [0.5, 0.6) is 0 Å². The van der Waals surface area contributed by atoms with Crippen LogP contribution in [-0.2, 0) is 15.8 Å². The molecule has 2 unspecified atom stereocenters. The van der Waals surface area contributed by atoms with E-state index in [0.29, 0.717) is 12.3 Å². The van der Waals surface area contributed by atoms with Crippen LogP contribution in [0.1, 0.15) is 48.3 Å². The van der Waals surface area contributed by atoms with Crippen molar-refractivity contribution in [2.24, 2.45) is 5.92 Å². The second-order valence-electron chi connectivity index (χ2n) is 7.52. The molecule has 2 aliphatic rings. The summed E-state index contributed by atoms with van der Waals surface area (Å²) in [5.41, 5.74) is 1.82. The molecule has 2 aromatic rings. The molecule has 2 aromatic carbocycles. The van der Waals surface area contributed by atoms with Gasteiger partial charge in [-0.05, 0) is 36.3 Å². The fourth-order valence-electron chi connectivity index (χ4n) is 4.35. The average molecular weight is 388 g/mol. The highest BCUT2D eigenvalue weighted by molar-refractivity contribution is 7.94. The molecule has 0 N–H and O–H groups in total. The van der Waals surface area contributed by atoms with Gasteiger partial charge in [0.1, 0.15) is 0 Å². The van der Waals surface area contributed by atoms with Crippen LogP contribution in [-0.4, -0.2) is 14.2 Å². The van der Waals surface area contributed by atoms with E-state index in [4.69, 9.17) is 0 Å². The van der Waals surface area contributed by atoms with Gasteiger partial charge in [0.05, 0.1) is 5.75 Å². The van der Waals surface area contributed by atoms with Crippen LogP contribution >= 0.6 is 0 Å². The Labute approximate surface area is 158 Å². The molecule has 5 heteroatoms. The van der Waals surface area contributed by atoms with Crippen LogP contribution in [0.2, 0.25) is 0 Å². The van der Waals surface area contributed by atoms with Crippen LogP contribution in [0, 0.1) is 5.92 Å². The van der Waals surface area contributed by atoms with E-state index in [0.717, 1.165) is 30.4 Å². The number of alkyl halides is 2. The molecule has 27 heavy (non-hydrogen) atoms. The topological polar surface area (TPSA) is 34.1 Å².